The van der Waals surface area contributed by atoms with Gasteiger partial charge < -0.3 is 15.2 Å². The van der Waals surface area contributed by atoms with Gasteiger partial charge in [-0.1, -0.05) is 6.42 Å². The second-order valence-corrected chi connectivity index (χ2v) is 5.12. The number of carbonyl (C=O) groups excluding carboxylic acids is 1. The number of aliphatic hydroxyl groups is 1. The van der Waals surface area contributed by atoms with Crippen LogP contribution < -0.4 is 5.32 Å². The largest absolute Gasteiger partial charge is 0.462 e. The summed E-state index contributed by atoms with van der Waals surface area (Å²) in [6, 6.07) is 0.360. The zero-order chi connectivity index (χ0) is 12.6. The predicted octanol–water partition coefficient (Wildman–Crippen LogP) is 1.47. The zero-order valence-corrected chi connectivity index (χ0v) is 10.8. The average molecular weight is 231 g/mol. The maximum atomic E-state index is 9.60. The van der Waals surface area contributed by atoms with E-state index in [2.05, 4.69) is 10.1 Å². The molecule has 0 amide bonds. The molecule has 0 aromatic rings. The van der Waals surface area contributed by atoms with Gasteiger partial charge in [0.15, 0.2) is 0 Å². The van der Waals surface area contributed by atoms with Gasteiger partial charge in [-0.05, 0) is 47.1 Å². The second kappa shape index (κ2) is 7.63. The van der Waals surface area contributed by atoms with Crippen molar-refractivity contribution < 1.29 is 14.6 Å². The predicted molar refractivity (Wildman–Crippen MR) is 64.2 cm³/mol. The first-order valence-corrected chi connectivity index (χ1v) is 5.89. The lowest BCUT2D eigenvalue weighted by Gasteiger charge is -2.25. The molecule has 2 N–H and O–H groups in total. The van der Waals surface area contributed by atoms with E-state index >= 15 is 0 Å². The Morgan fingerprint density at radius 1 is 1.44 bits per heavy atom. The lowest BCUT2D eigenvalue weighted by molar-refractivity contribution is -0.138. The lowest BCUT2D eigenvalue weighted by atomic mass is 10.0. The van der Waals surface area contributed by atoms with E-state index < -0.39 is 0 Å². The van der Waals surface area contributed by atoms with Crippen molar-refractivity contribution in [2.45, 2.75) is 64.7 Å². The van der Waals surface area contributed by atoms with Gasteiger partial charge in [-0.3, -0.25) is 4.79 Å². The monoisotopic (exact) mass is 231 g/mol. The van der Waals surface area contributed by atoms with Crippen LogP contribution in [-0.4, -0.2) is 35.9 Å². The highest BCUT2D eigenvalue weighted by molar-refractivity contribution is 5.37. The van der Waals surface area contributed by atoms with Gasteiger partial charge in [-0.2, -0.15) is 0 Å². The lowest BCUT2D eigenvalue weighted by Crippen LogP contribution is -2.41. The van der Waals surface area contributed by atoms with Gasteiger partial charge in [0.1, 0.15) is 5.60 Å². The summed E-state index contributed by atoms with van der Waals surface area (Å²) in [7, 11) is 0. The standard InChI is InChI=1S/C7H15NO.C5H10O2/c1-6(9)7-4-2-3-5-8-7;1-5(2,3)7-4-6/h6-9H,2-5H2,1H3;4H,1-3H3. The highest BCUT2D eigenvalue weighted by atomic mass is 16.5. The molecule has 16 heavy (non-hydrogen) atoms. The summed E-state index contributed by atoms with van der Waals surface area (Å²) in [5, 5.41) is 12.4. The molecule has 1 aliphatic rings. The van der Waals surface area contributed by atoms with Crippen LogP contribution in [-0.2, 0) is 9.53 Å². The van der Waals surface area contributed by atoms with Crippen molar-refractivity contribution in [2.24, 2.45) is 0 Å². The summed E-state index contributed by atoms with van der Waals surface area (Å²) in [6.45, 7) is 8.85. The molecule has 1 rings (SSSR count). The first-order chi connectivity index (χ1) is 7.37. The molecule has 0 aromatic heterocycles. The fraction of sp³-hybridized carbons (Fsp3) is 0.917. The normalized spacial score (nSPS) is 22.7. The highest BCUT2D eigenvalue weighted by Gasteiger charge is 2.16. The fourth-order valence-electron chi connectivity index (χ4n) is 1.43. The van der Waals surface area contributed by atoms with Crippen molar-refractivity contribution in [3.63, 3.8) is 0 Å². The molecule has 4 heteroatoms. The molecule has 4 nitrogen and oxygen atoms in total. The Bertz CT molecular complexity index is 181. The van der Waals surface area contributed by atoms with Crippen LogP contribution in [0.4, 0.5) is 0 Å². The quantitative estimate of drug-likeness (QED) is 0.707. The summed E-state index contributed by atoms with van der Waals surface area (Å²) < 4.78 is 4.55. The summed E-state index contributed by atoms with van der Waals surface area (Å²) in [5.74, 6) is 0. The summed E-state index contributed by atoms with van der Waals surface area (Å²) >= 11 is 0. The molecule has 2 atom stereocenters. The Labute approximate surface area is 98.4 Å². The average Bonchev–Trinajstić information content (AvgIpc) is 2.18. The summed E-state index contributed by atoms with van der Waals surface area (Å²) in [5.41, 5.74) is -0.318. The Kier molecular flexibility index (Phi) is 7.34. The molecule has 0 radical (unpaired) electrons. The second-order valence-electron chi connectivity index (χ2n) is 5.12. The molecule has 0 aliphatic carbocycles. The number of aliphatic hydroxyl groups excluding tert-OH is 1. The minimum atomic E-state index is -0.318. The van der Waals surface area contributed by atoms with E-state index in [1.54, 1.807) is 0 Å². The Morgan fingerprint density at radius 3 is 2.25 bits per heavy atom. The molecule has 0 saturated carbocycles. The molecule has 1 aliphatic heterocycles. The number of carbonyl (C=O) groups is 1. The van der Waals surface area contributed by atoms with E-state index in [1.165, 1.54) is 12.8 Å². The topological polar surface area (TPSA) is 58.6 Å². The van der Waals surface area contributed by atoms with Crippen LogP contribution in [0.1, 0.15) is 47.0 Å². The molecule has 96 valence electrons. The minimum Gasteiger partial charge on any atom is -0.462 e. The molecule has 0 aromatic carbocycles. The van der Waals surface area contributed by atoms with Gasteiger partial charge in [0.25, 0.3) is 6.47 Å². The van der Waals surface area contributed by atoms with E-state index in [1.807, 2.05) is 27.7 Å². The van der Waals surface area contributed by atoms with Gasteiger partial charge in [-0.25, -0.2) is 0 Å². The van der Waals surface area contributed by atoms with Gasteiger partial charge >= 0.3 is 0 Å². The van der Waals surface area contributed by atoms with E-state index in [0.29, 0.717) is 12.5 Å². The van der Waals surface area contributed by atoms with Gasteiger partial charge in [-0.15, -0.1) is 0 Å². The van der Waals surface area contributed by atoms with Crippen LogP contribution in [0.15, 0.2) is 0 Å². The van der Waals surface area contributed by atoms with E-state index in [-0.39, 0.29) is 11.7 Å². The van der Waals surface area contributed by atoms with Crippen LogP contribution in [0.2, 0.25) is 0 Å². The van der Waals surface area contributed by atoms with Crippen LogP contribution in [0.5, 0.6) is 0 Å². The van der Waals surface area contributed by atoms with Crippen molar-refractivity contribution in [2.75, 3.05) is 6.54 Å². The molecule has 1 fully saturated rings. The molecule has 1 saturated heterocycles. The van der Waals surface area contributed by atoms with E-state index in [4.69, 9.17) is 5.11 Å². The zero-order valence-electron chi connectivity index (χ0n) is 10.8. The number of hydrogen-bond donors (Lipinski definition) is 2. The first kappa shape index (κ1) is 15.4. The fourth-order valence-corrected chi connectivity index (χ4v) is 1.43. The SMILES string of the molecule is CC(C)(C)OC=O.CC(O)C1CCCCN1. The van der Waals surface area contributed by atoms with Gasteiger partial charge in [0.2, 0.25) is 0 Å². The third kappa shape index (κ3) is 8.68. The van der Waals surface area contributed by atoms with Crippen molar-refractivity contribution in [3.8, 4) is 0 Å². The molecule has 1 heterocycles. The van der Waals surface area contributed by atoms with Crippen molar-refractivity contribution in [3.05, 3.63) is 0 Å². The van der Waals surface area contributed by atoms with Crippen molar-refractivity contribution >= 4 is 6.47 Å². The maximum Gasteiger partial charge on any atom is 0.293 e. The molecular weight excluding hydrogens is 206 g/mol. The van der Waals surface area contributed by atoms with E-state index in [0.717, 1.165) is 13.0 Å². The summed E-state index contributed by atoms with van der Waals surface area (Å²) in [6.07, 6.45) is 3.49. The first-order valence-electron chi connectivity index (χ1n) is 5.89. The third-order valence-electron chi connectivity index (χ3n) is 2.33. The number of ether oxygens (including phenoxy) is 1. The summed E-state index contributed by atoms with van der Waals surface area (Å²) in [4.78, 5) is 9.60. The van der Waals surface area contributed by atoms with Crippen LogP contribution in [0.3, 0.4) is 0 Å². The highest BCUT2D eigenvalue weighted by Crippen LogP contribution is 2.09. The van der Waals surface area contributed by atoms with Gasteiger partial charge in [0.05, 0.1) is 6.10 Å². The number of rotatable bonds is 2. The number of piperidine rings is 1. The maximum absolute atomic E-state index is 9.60. The minimum absolute atomic E-state index is 0.176. The number of hydrogen-bond acceptors (Lipinski definition) is 4. The number of nitrogens with one attached hydrogen (secondary N) is 1. The van der Waals surface area contributed by atoms with Crippen LogP contribution in [0, 0.1) is 0 Å². The van der Waals surface area contributed by atoms with Crippen LogP contribution >= 0.6 is 0 Å². The molecule has 2 unspecified atom stereocenters. The Hall–Kier alpha value is -0.610. The molecule has 0 spiro atoms. The van der Waals surface area contributed by atoms with Gasteiger partial charge in [0, 0.05) is 6.04 Å². The van der Waals surface area contributed by atoms with Crippen molar-refractivity contribution in [1.29, 1.82) is 0 Å². The van der Waals surface area contributed by atoms with Crippen LogP contribution in [0.25, 0.3) is 0 Å². The Balaban J connectivity index is 0.000000293. The van der Waals surface area contributed by atoms with Crippen molar-refractivity contribution in [1.82, 2.24) is 5.32 Å². The molecule has 0 bridgehead atoms. The smallest absolute Gasteiger partial charge is 0.293 e. The Morgan fingerprint density at radius 2 is 2.06 bits per heavy atom. The molecular formula is C12H25NO3. The third-order valence-corrected chi connectivity index (χ3v) is 2.33. The van der Waals surface area contributed by atoms with E-state index in [9.17, 15) is 4.79 Å².